The molecule has 0 fully saturated rings. The molecule has 0 radical (unpaired) electrons. The summed E-state index contributed by atoms with van der Waals surface area (Å²) in [5, 5.41) is 19.9. The summed E-state index contributed by atoms with van der Waals surface area (Å²) in [5.41, 5.74) is -0.525. The number of ether oxygens (including phenoxy) is 1. The number of hydrogen-bond donors (Lipinski definition) is 1. The van der Waals surface area contributed by atoms with E-state index in [1.54, 1.807) is 0 Å². The first kappa shape index (κ1) is 15.2. The first-order valence-corrected chi connectivity index (χ1v) is 6.07. The standard InChI is InChI=1S/C14H11FN2O5/c1-16(14(18)19)13-8-11(5-6-12(13)17(20)21)22-10-4-2-3-9(15)7-10/h2-8H,1H3,(H,18,19). The lowest BCUT2D eigenvalue weighted by Gasteiger charge is -2.14. The highest BCUT2D eigenvalue weighted by Crippen LogP contribution is 2.33. The van der Waals surface area contributed by atoms with Crippen molar-refractivity contribution in [2.24, 2.45) is 0 Å². The summed E-state index contributed by atoms with van der Waals surface area (Å²) >= 11 is 0. The molecule has 0 bridgehead atoms. The van der Waals surface area contributed by atoms with Crippen LogP contribution in [-0.2, 0) is 0 Å². The largest absolute Gasteiger partial charge is 0.465 e. The van der Waals surface area contributed by atoms with Crippen LogP contribution in [-0.4, -0.2) is 23.2 Å². The van der Waals surface area contributed by atoms with Gasteiger partial charge in [-0.3, -0.25) is 15.0 Å². The Balaban J connectivity index is 2.40. The maximum absolute atomic E-state index is 13.1. The van der Waals surface area contributed by atoms with Crippen LogP contribution in [0, 0.1) is 15.9 Å². The topological polar surface area (TPSA) is 92.9 Å². The third kappa shape index (κ3) is 3.29. The molecule has 0 unspecified atom stereocenters. The molecular weight excluding hydrogens is 295 g/mol. The number of halogens is 1. The molecule has 0 atom stereocenters. The first-order valence-electron chi connectivity index (χ1n) is 6.07. The first-order chi connectivity index (χ1) is 10.4. The number of carboxylic acid groups (broad SMARTS) is 1. The van der Waals surface area contributed by atoms with Crippen molar-refractivity contribution >= 4 is 17.5 Å². The normalized spacial score (nSPS) is 10.1. The highest BCUT2D eigenvalue weighted by atomic mass is 19.1. The molecule has 22 heavy (non-hydrogen) atoms. The second kappa shape index (κ2) is 6.08. The third-order valence-corrected chi connectivity index (χ3v) is 2.82. The Kier molecular flexibility index (Phi) is 4.21. The maximum Gasteiger partial charge on any atom is 0.411 e. The molecule has 8 heteroatoms. The van der Waals surface area contributed by atoms with E-state index >= 15 is 0 Å². The lowest BCUT2D eigenvalue weighted by Crippen LogP contribution is -2.24. The van der Waals surface area contributed by atoms with E-state index in [4.69, 9.17) is 9.84 Å². The van der Waals surface area contributed by atoms with Crippen LogP contribution in [0.25, 0.3) is 0 Å². The van der Waals surface area contributed by atoms with E-state index in [0.717, 1.165) is 12.1 Å². The van der Waals surface area contributed by atoms with Crippen LogP contribution in [0.1, 0.15) is 0 Å². The van der Waals surface area contributed by atoms with Crippen LogP contribution in [0.4, 0.5) is 20.6 Å². The lowest BCUT2D eigenvalue weighted by atomic mass is 10.2. The van der Waals surface area contributed by atoms with Crippen LogP contribution in [0.2, 0.25) is 0 Å². The summed E-state index contributed by atoms with van der Waals surface area (Å²) in [6, 6.07) is 8.97. The SMILES string of the molecule is CN(C(=O)O)c1cc(Oc2cccc(F)c2)ccc1[N+](=O)[O-]. The smallest absolute Gasteiger partial charge is 0.411 e. The van der Waals surface area contributed by atoms with Crippen LogP contribution >= 0.6 is 0 Å². The summed E-state index contributed by atoms with van der Waals surface area (Å²) < 4.78 is 18.5. The monoisotopic (exact) mass is 306 g/mol. The Labute approximate surface area is 124 Å². The van der Waals surface area contributed by atoms with Crippen LogP contribution in [0.3, 0.4) is 0 Å². The van der Waals surface area contributed by atoms with Crippen molar-refractivity contribution in [3.05, 3.63) is 58.4 Å². The van der Waals surface area contributed by atoms with E-state index in [0.29, 0.717) is 4.90 Å². The predicted molar refractivity (Wildman–Crippen MR) is 76.0 cm³/mol. The van der Waals surface area contributed by atoms with Gasteiger partial charge in [0.25, 0.3) is 5.69 Å². The maximum atomic E-state index is 13.1. The zero-order valence-corrected chi connectivity index (χ0v) is 11.4. The van der Waals surface area contributed by atoms with E-state index in [-0.39, 0.29) is 22.9 Å². The second-order valence-electron chi connectivity index (χ2n) is 4.31. The number of hydrogen-bond acceptors (Lipinski definition) is 4. The van der Waals surface area contributed by atoms with Gasteiger partial charge in [0, 0.05) is 25.2 Å². The van der Waals surface area contributed by atoms with Gasteiger partial charge in [-0.2, -0.15) is 0 Å². The van der Waals surface area contributed by atoms with Gasteiger partial charge in [-0.25, -0.2) is 9.18 Å². The van der Waals surface area contributed by atoms with Gasteiger partial charge < -0.3 is 9.84 Å². The van der Waals surface area contributed by atoms with Gasteiger partial charge >= 0.3 is 6.09 Å². The Morgan fingerprint density at radius 2 is 1.95 bits per heavy atom. The zero-order valence-electron chi connectivity index (χ0n) is 11.4. The fourth-order valence-electron chi connectivity index (χ4n) is 1.76. The zero-order chi connectivity index (χ0) is 16.3. The average molecular weight is 306 g/mol. The Morgan fingerprint density at radius 1 is 1.27 bits per heavy atom. The summed E-state index contributed by atoms with van der Waals surface area (Å²) in [5.74, 6) is -0.153. The Bertz CT molecular complexity index is 735. The van der Waals surface area contributed by atoms with Crippen LogP contribution in [0.15, 0.2) is 42.5 Å². The van der Waals surface area contributed by atoms with Crippen molar-refractivity contribution in [1.29, 1.82) is 0 Å². The summed E-state index contributed by atoms with van der Waals surface area (Å²) in [7, 11) is 1.18. The van der Waals surface area contributed by atoms with Crippen molar-refractivity contribution in [3.63, 3.8) is 0 Å². The van der Waals surface area contributed by atoms with Gasteiger partial charge in [0.05, 0.1) is 4.92 Å². The van der Waals surface area contributed by atoms with Crippen molar-refractivity contribution in [3.8, 4) is 11.5 Å². The van der Waals surface area contributed by atoms with Crippen LogP contribution < -0.4 is 9.64 Å². The number of anilines is 1. The minimum Gasteiger partial charge on any atom is -0.465 e. The molecule has 0 heterocycles. The van der Waals surface area contributed by atoms with E-state index in [2.05, 4.69) is 0 Å². The van der Waals surface area contributed by atoms with Gasteiger partial charge in [-0.1, -0.05) is 6.07 Å². The molecule has 7 nitrogen and oxygen atoms in total. The van der Waals surface area contributed by atoms with E-state index < -0.39 is 16.8 Å². The number of nitro benzene ring substituents is 1. The van der Waals surface area contributed by atoms with Crippen molar-refractivity contribution in [1.82, 2.24) is 0 Å². The molecule has 1 N–H and O–H groups in total. The summed E-state index contributed by atoms with van der Waals surface area (Å²) in [4.78, 5) is 22.0. The Morgan fingerprint density at radius 3 is 2.55 bits per heavy atom. The molecule has 2 aromatic carbocycles. The van der Waals surface area contributed by atoms with Crippen LogP contribution in [0.5, 0.6) is 11.5 Å². The number of benzene rings is 2. The molecule has 0 aromatic heterocycles. The number of carbonyl (C=O) groups is 1. The molecule has 114 valence electrons. The highest BCUT2D eigenvalue weighted by Gasteiger charge is 2.22. The second-order valence-corrected chi connectivity index (χ2v) is 4.31. The molecule has 0 aliphatic carbocycles. The van der Waals surface area contributed by atoms with E-state index in [1.165, 1.54) is 37.4 Å². The molecule has 0 aliphatic heterocycles. The lowest BCUT2D eigenvalue weighted by molar-refractivity contribution is -0.384. The van der Waals surface area contributed by atoms with Crippen molar-refractivity contribution < 1.29 is 24.0 Å². The van der Waals surface area contributed by atoms with Gasteiger partial charge in [-0.05, 0) is 18.2 Å². The molecule has 0 saturated heterocycles. The number of nitrogens with zero attached hydrogens (tertiary/aromatic N) is 2. The van der Waals surface area contributed by atoms with Crippen molar-refractivity contribution in [2.45, 2.75) is 0 Å². The van der Waals surface area contributed by atoms with E-state index in [9.17, 15) is 19.3 Å². The summed E-state index contributed by atoms with van der Waals surface area (Å²) in [6.07, 6.45) is -1.36. The van der Waals surface area contributed by atoms with E-state index in [1.807, 2.05) is 0 Å². The highest BCUT2D eigenvalue weighted by molar-refractivity contribution is 5.89. The average Bonchev–Trinajstić information content (AvgIpc) is 2.46. The van der Waals surface area contributed by atoms with Gasteiger partial charge in [0.2, 0.25) is 0 Å². The molecular formula is C14H11FN2O5. The summed E-state index contributed by atoms with van der Waals surface area (Å²) in [6.45, 7) is 0. The number of rotatable bonds is 4. The fourth-order valence-corrected chi connectivity index (χ4v) is 1.76. The molecule has 2 aromatic rings. The minimum absolute atomic E-state index is 0.147. The third-order valence-electron chi connectivity index (χ3n) is 2.82. The molecule has 1 amide bonds. The van der Waals surface area contributed by atoms with Gasteiger partial charge in [0.1, 0.15) is 23.0 Å². The minimum atomic E-state index is -1.36. The van der Waals surface area contributed by atoms with Gasteiger partial charge in [0.15, 0.2) is 0 Å². The molecule has 2 rings (SSSR count). The molecule has 0 saturated carbocycles. The molecule has 0 spiro atoms. The van der Waals surface area contributed by atoms with Gasteiger partial charge in [-0.15, -0.1) is 0 Å². The predicted octanol–water partition coefficient (Wildman–Crippen LogP) is 3.64. The number of nitro groups is 1. The fraction of sp³-hybridized carbons (Fsp3) is 0.0714. The Hall–Kier alpha value is -3.16. The number of amides is 1. The van der Waals surface area contributed by atoms with Crippen molar-refractivity contribution in [2.75, 3.05) is 11.9 Å². The quantitative estimate of drug-likeness (QED) is 0.687. The molecule has 0 aliphatic rings.